The van der Waals surface area contributed by atoms with Gasteiger partial charge in [0.2, 0.25) is 5.71 Å². The topological polar surface area (TPSA) is 29.3 Å². The van der Waals surface area contributed by atoms with Crippen molar-refractivity contribution in [1.29, 1.82) is 0 Å². The zero-order chi connectivity index (χ0) is 35.6. The van der Waals surface area contributed by atoms with Crippen LogP contribution in [0.3, 0.4) is 0 Å². The van der Waals surface area contributed by atoms with Crippen molar-refractivity contribution in [2.75, 3.05) is 4.90 Å². The van der Waals surface area contributed by atoms with Crippen LogP contribution < -0.4 is 4.90 Å². The molecule has 9 aromatic carbocycles. The number of fused-ring (bicyclic) bond motifs is 8. The Hall–Kier alpha value is -7.23. The third-order valence-corrected chi connectivity index (χ3v) is 10.8. The van der Waals surface area contributed by atoms with E-state index in [4.69, 9.17) is 9.40 Å². The van der Waals surface area contributed by atoms with Gasteiger partial charge < -0.3 is 9.32 Å². The summed E-state index contributed by atoms with van der Waals surface area (Å²) in [5.74, 6) is 0. The fraction of sp³-hybridized carbons (Fsp3) is 0. The SMILES string of the molecule is c1ccc2cc(-c3ccc(N(c4ccc(-c5ccc6c(ccc7ccccc76)c5)cc4)c4ccc5c(c4)oc4nc6ccccc6cc45)cc3)ccc2c1. The van der Waals surface area contributed by atoms with Crippen LogP contribution in [-0.2, 0) is 0 Å². The Morgan fingerprint density at radius 1 is 0.333 bits per heavy atom. The number of aromatic nitrogens is 1. The van der Waals surface area contributed by atoms with Gasteiger partial charge in [-0.3, -0.25) is 0 Å². The zero-order valence-electron chi connectivity index (χ0n) is 29.3. The average Bonchev–Trinajstić information content (AvgIpc) is 3.59. The van der Waals surface area contributed by atoms with Crippen LogP contribution in [0.5, 0.6) is 0 Å². The summed E-state index contributed by atoms with van der Waals surface area (Å²) in [6, 6.07) is 69.6. The van der Waals surface area contributed by atoms with Gasteiger partial charge in [0.25, 0.3) is 0 Å². The Morgan fingerprint density at radius 2 is 0.870 bits per heavy atom. The minimum Gasteiger partial charge on any atom is -0.438 e. The number of rotatable bonds is 5. The fourth-order valence-corrected chi connectivity index (χ4v) is 8.04. The summed E-state index contributed by atoms with van der Waals surface area (Å²) >= 11 is 0. The maximum Gasteiger partial charge on any atom is 0.227 e. The standard InChI is InChI=1S/C51H32N2O/c1-2-9-37-29-38(15-13-33(37)7-1)34-17-22-42(23-18-34)53(44-26-28-47-48-31-41-10-4-6-12-49(41)52-51(48)54-50(47)32-44)43-24-19-35(20-25-43)39-21-27-46-40(30-39)16-14-36-8-3-5-11-45(36)46/h1-32H. The molecule has 0 fully saturated rings. The number of hydrogen-bond donors (Lipinski definition) is 0. The van der Waals surface area contributed by atoms with E-state index in [0.717, 1.165) is 44.3 Å². The summed E-state index contributed by atoms with van der Waals surface area (Å²) in [5.41, 5.74) is 10.3. The lowest BCUT2D eigenvalue weighted by molar-refractivity contribution is 0.656. The fourth-order valence-electron chi connectivity index (χ4n) is 8.04. The second-order valence-electron chi connectivity index (χ2n) is 14.0. The summed E-state index contributed by atoms with van der Waals surface area (Å²) in [6.45, 7) is 0. The molecule has 0 atom stereocenters. The van der Waals surface area contributed by atoms with Crippen LogP contribution >= 0.6 is 0 Å². The minimum atomic E-state index is 0.653. The van der Waals surface area contributed by atoms with Crippen molar-refractivity contribution in [1.82, 2.24) is 4.98 Å². The molecule has 0 aliphatic heterocycles. The lowest BCUT2D eigenvalue weighted by Crippen LogP contribution is -2.09. The summed E-state index contributed by atoms with van der Waals surface area (Å²) < 4.78 is 6.44. The molecule has 0 radical (unpaired) electrons. The first-order valence-electron chi connectivity index (χ1n) is 18.4. The lowest BCUT2D eigenvalue weighted by atomic mass is 9.97. The second kappa shape index (κ2) is 12.2. The maximum absolute atomic E-state index is 6.44. The van der Waals surface area contributed by atoms with Gasteiger partial charge in [-0.1, -0.05) is 127 Å². The summed E-state index contributed by atoms with van der Waals surface area (Å²) in [7, 11) is 0. The van der Waals surface area contributed by atoms with E-state index < -0.39 is 0 Å². The van der Waals surface area contributed by atoms with Gasteiger partial charge in [0.1, 0.15) is 5.58 Å². The van der Waals surface area contributed by atoms with Crippen molar-refractivity contribution in [2.24, 2.45) is 0 Å². The Kier molecular flexibility index (Phi) is 6.86. The van der Waals surface area contributed by atoms with Crippen LogP contribution in [-0.4, -0.2) is 4.98 Å². The largest absolute Gasteiger partial charge is 0.438 e. The van der Waals surface area contributed by atoms with Crippen LogP contribution in [0, 0.1) is 0 Å². The Bertz CT molecular complexity index is 3210. The first-order valence-corrected chi connectivity index (χ1v) is 18.4. The van der Waals surface area contributed by atoms with Crippen LogP contribution in [0.1, 0.15) is 0 Å². The van der Waals surface area contributed by atoms with E-state index in [2.05, 4.69) is 181 Å². The molecule has 11 rings (SSSR count). The molecule has 0 aliphatic carbocycles. The van der Waals surface area contributed by atoms with Crippen LogP contribution in [0.15, 0.2) is 199 Å². The van der Waals surface area contributed by atoms with Crippen LogP contribution in [0.25, 0.3) is 87.5 Å². The summed E-state index contributed by atoms with van der Waals surface area (Å²) in [4.78, 5) is 7.16. The lowest BCUT2D eigenvalue weighted by Gasteiger charge is -2.26. The summed E-state index contributed by atoms with van der Waals surface area (Å²) in [5, 5.41) is 10.7. The molecule has 0 aliphatic rings. The van der Waals surface area contributed by atoms with Gasteiger partial charge in [0.05, 0.1) is 5.52 Å². The number of hydrogen-bond acceptors (Lipinski definition) is 3. The second-order valence-corrected chi connectivity index (χ2v) is 14.0. The monoisotopic (exact) mass is 688 g/mol. The molecule has 54 heavy (non-hydrogen) atoms. The highest BCUT2D eigenvalue weighted by atomic mass is 16.3. The van der Waals surface area contributed by atoms with Gasteiger partial charge in [-0.15, -0.1) is 0 Å². The van der Waals surface area contributed by atoms with Crippen molar-refractivity contribution in [3.8, 4) is 22.3 Å². The molecule has 2 aromatic heterocycles. The molecule has 3 heteroatoms. The van der Waals surface area contributed by atoms with Crippen molar-refractivity contribution < 1.29 is 4.42 Å². The summed E-state index contributed by atoms with van der Waals surface area (Å²) in [6.07, 6.45) is 0. The molecule has 3 nitrogen and oxygen atoms in total. The molecule has 0 unspecified atom stereocenters. The van der Waals surface area contributed by atoms with E-state index in [1.807, 2.05) is 18.2 Å². The molecule has 0 spiro atoms. The molecule has 0 saturated heterocycles. The van der Waals surface area contributed by atoms with Gasteiger partial charge in [-0.2, -0.15) is 0 Å². The predicted octanol–water partition coefficient (Wildman–Crippen LogP) is 14.4. The minimum absolute atomic E-state index is 0.653. The van der Waals surface area contributed by atoms with Gasteiger partial charge in [0, 0.05) is 39.3 Å². The number of pyridine rings is 1. The van der Waals surface area contributed by atoms with Gasteiger partial charge in [-0.25, -0.2) is 4.98 Å². The van der Waals surface area contributed by atoms with E-state index in [9.17, 15) is 0 Å². The number of furan rings is 1. The Labute approximate surface area is 312 Å². The van der Waals surface area contributed by atoms with E-state index in [0.29, 0.717) is 5.71 Å². The Morgan fingerprint density at radius 3 is 1.65 bits per heavy atom. The molecule has 11 aromatic rings. The molecule has 2 heterocycles. The van der Waals surface area contributed by atoms with Crippen LogP contribution in [0.4, 0.5) is 17.1 Å². The number of nitrogens with zero attached hydrogens (tertiary/aromatic N) is 2. The highest BCUT2D eigenvalue weighted by Gasteiger charge is 2.17. The molecular formula is C51H32N2O. The van der Waals surface area contributed by atoms with Crippen molar-refractivity contribution >= 4 is 82.4 Å². The average molecular weight is 689 g/mol. The quantitative estimate of drug-likeness (QED) is 0.169. The highest BCUT2D eigenvalue weighted by Crippen LogP contribution is 2.40. The molecule has 252 valence electrons. The molecular weight excluding hydrogens is 657 g/mol. The van der Waals surface area contributed by atoms with Gasteiger partial charge in [0.15, 0.2) is 0 Å². The Balaban J connectivity index is 1.01. The van der Waals surface area contributed by atoms with Crippen molar-refractivity contribution in [3.05, 3.63) is 194 Å². The van der Waals surface area contributed by atoms with E-state index in [-0.39, 0.29) is 0 Å². The smallest absolute Gasteiger partial charge is 0.227 e. The highest BCUT2D eigenvalue weighted by molar-refractivity contribution is 6.09. The van der Waals surface area contributed by atoms with E-state index in [1.165, 1.54) is 54.6 Å². The van der Waals surface area contributed by atoms with E-state index in [1.54, 1.807) is 0 Å². The zero-order valence-corrected chi connectivity index (χ0v) is 29.3. The molecule has 0 N–H and O–H groups in total. The van der Waals surface area contributed by atoms with E-state index >= 15 is 0 Å². The number of anilines is 3. The van der Waals surface area contributed by atoms with Gasteiger partial charge in [-0.05, 0) is 115 Å². The normalized spacial score (nSPS) is 11.7. The van der Waals surface area contributed by atoms with Gasteiger partial charge >= 0.3 is 0 Å². The third kappa shape index (κ3) is 5.09. The van der Waals surface area contributed by atoms with Crippen molar-refractivity contribution in [3.63, 3.8) is 0 Å². The molecule has 0 bridgehead atoms. The molecule has 0 amide bonds. The third-order valence-electron chi connectivity index (χ3n) is 10.8. The number of para-hydroxylation sites is 1. The number of benzene rings is 9. The maximum atomic E-state index is 6.44. The predicted molar refractivity (Wildman–Crippen MR) is 227 cm³/mol. The molecule has 0 saturated carbocycles. The first-order chi connectivity index (χ1) is 26.7. The first kappa shape index (κ1) is 30.4. The van der Waals surface area contributed by atoms with Crippen molar-refractivity contribution in [2.45, 2.75) is 0 Å². The van der Waals surface area contributed by atoms with Crippen LogP contribution in [0.2, 0.25) is 0 Å².